The van der Waals surface area contributed by atoms with Gasteiger partial charge >= 0.3 is 6.18 Å². The fourth-order valence-electron chi connectivity index (χ4n) is 5.85. The van der Waals surface area contributed by atoms with Crippen molar-refractivity contribution in [1.82, 2.24) is 20.2 Å². The van der Waals surface area contributed by atoms with Crippen molar-refractivity contribution >= 4 is 29.1 Å². The normalized spacial score (nSPS) is 24.9. The molecular weight excluding hydrogens is 570 g/mol. The number of likely N-dealkylation sites (N-methyl/N-ethyl adjacent to an activating group) is 1. The van der Waals surface area contributed by atoms with Gasteiger partial charge in [0.1, 0.15) is 5.82 Å². The van der Waals surface area contributed by atoms with Gasteiger partial charge in [0, 0.05) is 75.3 Å². The molecule has 43 heavy (non-hydrogen) atoms. The number of aliphatic hydroxyl groups is 1. The lowest BCUT2D eigenvalue weighted by atomic mass is 9.84. The van der Waals surface area contributed by atoms with Gasteiger partial charge in [-0.25, -0.2) is 14.4 Å². The SMILES string of the molecule is C[C@H]1CN(c2cc(F)c(-c3cnc(N4CCC(C)(O)CC4)nc3)cc2NC(=O)C2CNC(=O)CC2C(F)(F)F)CCN1C. The highest BCUT2D eigenvalue weighted by Crippen LogP contribution is 2.39. The van der Waals surface area contributed by atoms with Crippen LogP contribution in [0.3, 0.4) is 0 Å². The summed E-state index contributed by atoms with van der Waals surface area (Å²) in [6, 6.07) is 2.81. The minimum atomic E-state index is -4.74. The highest BCUT2D eigenvalue weighted by atomic mass is 19.4. The zero-order valence-corrected chi connectivity index (χ0v) is 24.4. The predicted octanol–water partition coefficient (Wildman–Crippen LogP) is 3.03. The standard InChI is InChI=1S/C29H37F4N7O3/c1-17-16-40(9-8-38(17)3)24-12-22(30)19(18-13-35-27(36-14-18)39-6-4-28(2,43)5-7-39)10-23(24)37-26(42)20-15-34-25(41)11-21(20)29(31,32)33/h10,12-14,17,20-21,43H,4-9,11,15-16H2,1-3H3,(H,34,41)(H,37,42)/t17-,20?,21?/m0/s1. The fraction of sp³-hybridized carbons (Fsp3) is 0.586. The molecule has 234 valence electrons. The van der Waals surface area contributed by atoms with Crippen molar-refractivity contribution in [3.05, 3.63) is 30.3 Å². The topological polar surface area (TPSA) is 114 Å². The second kappa shape index (κ2) is 11.9. The number of rotatable bonds is 5. The number of piperidine rings is 2. The number of alkyl halides is 3. The molecule has 2 aromatic rings. The van der Waals surface area contributed by atoms with Crippen LogP contribution in [0.15, 0.2) is 24.5 Å². The molecule has 14 heteroatoms. The van der Waals surface area contributed by atoms with E-state index in [0.717, 1.165) is 0 Å². The molecule has 0 saturated carbocycles. The molecule has 2 amide bonds. The van der Waals surface area contributed by atoms with Gasteiger partial charge in [-0.3, -0.25) is 9.59 Å². The van der Waals surface area contributed by atoms with Crippen LogP contribution in [0, 0.1) is 17.7 Å². The summed E-state index contributed by atoms with van der Waals surface area (Å²) in [5, 5.41) is 15.2. The second-order valence-electron chi connectivity index (χ2n) is 12.1. The summed E-state index contributed by atoms with van der Waals surface area (Å²) in [6.45, 7) is 6.18. The van der Waals surface area contributed by atoms with Gasteiger partial charge in [-0.05, 0) is 45.9 Å². The molecule has 0 bridgehead atoms. The van der Waals surface area contributed by atoms with Gasteiger partial charge in [0.05, 0.1) is 28.8 Å². The Hall–Kier alpha value is -3.52. The number of hydrogen-bond acceptors (Lipinski definition) is 8. The lowest BCUT2D eigenvalue weighted by Crippen LogP contribution is -2.51. The summed E-state index contributed by atoms with van der Waals surface area (Å²) in [5.74, 6) is -5.50. The molecular formula is C29H37F4N7O3. The summed E-state index contributed by atoms with van der Waals surface area (Å²) in [4.78, 5) is 39.9. The molecule has 4 heterocycles. The molecule has 5 rings (SSSR count). The Balaban J connectivity index is 1.46. The van der Waals surface area contributed by atoms with Crippen LogP contribution in [-0.2, 0) is 9.59 Å². The number of benzene rings is 1. The Bertz CT molecular complexity index is 1340. The number of carbonyl (C=O) groups is 2. The number of nitrogens with one attached hydrogen (secondary N) is 2. The average Bonchev–Trinajstić information content (AvgIpc) is 2.95. The molecule has 0 radical (unpaired) electrons. The largest absolute Gasteiger partial charge is 0.393 e. The van der Waals surface area contributed by atoms with Gasteiger partial charge in [0.25, 0.3) is 0 Å². The average molecular weight is 608 g/mol. The number of amides is 2. The zero-order valence-electron chi connectivity index (χ0n) is 24.4. The van der Waals surface area contributed by atoms with E-state index in [1.807, 2.05) is 23.8 Å². The first kappa shape index (κ1) is 30.9. The van der Waals surface area contributed by atoms with Crippen molar-refractivity contribution in [2.45, 2.75) is 50.9 Å². The van der Waals surface area contributed by atoms with Gasteiger partial charge in [-0.1, -0.05) is 0 Å². The number of carbonyl (C=O) groups excluding carboxylic acids is 2. The van der Waals surface area contributed by atoms with Crippen molar-refractivity contribution in [1.29, 1.82) is 0 Å². The van der Waals surface area contributed by atoms with Gasteiger partial charge in [0.2, 0.25) is 17.8 Å². The first-order chi connectivity index (χ1) is 20.2. The maximum Gasteiger partial charge on any atom is 0.393 e. The van der Waals surface area contributed by atoms with Gasteiger partial charge in [-0.2, -0.15) is 13.2 Å². The van der Waals surface area contributed by atoms with Crippen LogP contribution in [-0.4, -0.2) is 95.9 Å². The number of aromatic nitrogens is 2. The van der Waals surface area contributed by atoms with E-state index < -0.39 is 54.2 Å². The Labute approximate surface area is 247 Å². The van der Waals surface area contributed by atoms with E-state index in [-0.39, 0.29) is 17.3 Å². The quantitative estimate of drug-likeness (QED) is 0.445. The molecule has 0 aliphatic carbocycles. The molecule has 0 spiro atoms. The molecule has 3 aliphatic rings. The zero-order chi connectivity index (χ0) is 31.1. The number of halogens is 4. The van der Waals surface area contributed by atoms with E-state index >= 15 is 4.39 Å². The smallest absolute Gasteiger partial charge is 0.390 e. The minimum Gasteiger partial charge on any atom is -0.390 e. The van der Waals surface area contributed by atoms with E-state index in [9.17, 15) is 27.9 Å². The van der Waals surface area contributed by atoms with Gasteiger partial charge in [0.15, 0.2) is 0 Å². The van der Waals surface area contributed by atoms with E-state index in [4.69, 9.17) is 0 Å². The van der Waals surface area contributed by atoms with Gasteiger partial charge in [-0.15, -0.1) is 0 Å². The van der Waals surface area contributed by atoms with Crippen molar-refractivity contribution < 1.29 is 32.3 Å². The van der Waals surface area contributed by atoms with Crippen LogP contribution in [0.4, 0.5) is 34.9 Å². The molecule has 2 unspecified atom stereocenters. The molecule has 3 aliphatic heterocycles. The third-order valence-electron chi connectivity index (χ3n) is 8.88. The number of piperazine rings is 1. The molecule has 1 aromatic heterocycles. The fourth-order valence-corrected chi connectivity index (χ4v) is 5.85. The number of hydrogen-bond donors (Lipinski definition) is 3. The summed E-state index contributed by atoms with van der Waals surface area (Å²) in [6.07, 6.45) is -1.53. The molecule has 3 fully saturated rings. The minimum absolute atomic E-state index is 0.0821. The second-order valence-corrected chi connectivity index (χ2v) is 12.1. The first-order valence-corrected chi connectivity index (χ1v) is 14.4. The van der Waals surface area contributed by atoms with E-state index in [1.165, 1.54) is 24.5 Å². The van der Waals surface area contributed by atoms with Crippen molar-refractivity contribution in [3.63, 3.8) is 0 Å². The predicted molar refractivity (Wildman–Crippen MR) is 153 cm³/mol. The van der Waals surface area contributed by atoms with Crippen molar-refractivity contribution in [2.75, 3.05) is 61.4 Å². The monoisotopic (exact) mass is 607 g/mol. The van der Waals surface area contributed by atoms with Crippen molar-refractivity contribution in [2.24, 2.45) is 11.8 Å². The lowest BCUT2D eigenvalue weighted by Gasteiger charge is -2.40. The highest BCUT2D eigenvalue weighted by molar-refractivity contribution is 5.98. The lowest BCUT2D eigenvalue weighted by molar-refractivity contribution is -0.197. The van der Waals surface area contributed by atoms with E-state index in [1.54, 1.807) is 6.92 Å². The van der Waals surface area contributed by atoms with Crippen LogP contribution in [0.5, 0.6) is 0 Å². The van der Waals surface area contributed by atoms with Crippen LogP contribution in [0.25, 0.3) is 11.1 Å². The highest BCUT2D eigenvalue weighted by Gasteiger charge is 2.50. The van der Waals surface area contributed by atoms with Crippen LogP contribution < -0.4 is 20.4 Å². The summed E-state index contributed by atoms with van der Waals surface area (Å²) in [5.41, 5.74) is 0.192. The molecule has 3 N–H and O–H groups in total. The molecule has 10 nitrogen and oxygen atoms in total. The number of nitrogens with zero attached hydrogens (tertiary/aromatic N) is 5. The van der Waals surface area contributed by atoms with E-state index in [0.29, 0.717) is 62.8 Å². The summed E-state index contributed by atoms with van der Waals surface area (Å²) >= 11 is 0. The third-order valence-corrected chi connectivity index (χ3v) is 8.88. The maximum atomic E-state index is 15.7. The van der Waals surface area contributed by atoms with E-state index in [2.05, 4.69) is 25.5 Å². The number of anilines is 3. The first-order valence-electron chi connectivity index (χ1n) is 14.4. The Morgan fingerprint density at radius 3 is 2.42 bits per heavy atom. The molecule has 3 saturated heterocycles. The maximum absolute atomic E-state index is 15.7. The molecule has 1 aromatic carbocycles. The Morgan fingerprint density at radius 2 is 1.79 bits per heavy atom. The van der Waals surface area contributed by atoms with Crippen LogP contribution in [0.2, 0.25) is 0 Å². The third kappa shape index (κ3) is 6.85. The Kier molecular flexibility index (Phi) is 8.54. The van der Waals surface area contributed by atoms with Crippen LogP contribution in [0.1, 0.15) is 33.1 Å². The van der Waals surface area contributed by atoms with Crippen molar-refractivity contribution in [3.8, 4) is 11.1 Å². The van der Waals surface area contributed by atoms with Gasteiger partial charge < -0.3 is 30.4 Å². The van der Waals surface area contributed by atoms with Crippen LogP contribution >= 0.6 is 0 Å². The summed E-state index contributed by atoms with van der Waals surface area (Å²) in [7, 11) is 1.97. The summed E-state index contributed by atoms with van der Waals surface area (Å²) < 4.78 is 57.1. The molecule has 3 atom stereocenters. The Morgan fingerprint density at radius 1 is 1.12 bits per heavy atom.